The summed E-state index contributed by atoms with van der Waals surface area (Å²) in [6, 6.07) is 7.06. The van der Waals surface area contributed by atoms with Crippen molar-refractivity contribution in [3.05, 3.63) is 34.9 Å². The first kappa shape index (κ1) is 19.4. The van der Waals surface area contributed by atoms with E-state index in [4.69, 9.17) is 16.3 Å². The number of nitrogens with one attached hydrogen (secondary N) is 1. The molecule has 1 N–H and O–H groups in total. The van der Waals surface area contributed by atoms with Gasteiger partial charge in [0.15, 0.2) is 0 Å². The number of alkyl halides is 3. The smallest absolute Gasteiger partial charge is 0.379 e. The van der Waals surface area contributed by atoms with Crippen LogP contribution in [0.2, 0.25) is 5.02 Å². The van der Waals surface area contributed by atoms with Crippen LogP contribution < -0.4 is 5.32 Å². The second kappa shape index (κ2) is 8.94. The fourth-order valence-electron chi connectivity index (χ4n) is 2.48. The molecular formula is C15H18ClF3N2O2S. The van der Waals surface area contributed by atoms with Crippen molar-refractivity contribution in [1.82, 2.24) is 10.2 Å². The Labute approximate surface area is 147 Å². The van der Waals surface area contributed by atoms with Gasteiger partial charge in [0.25, 0.3) is 0 Å². The molecule has 134 valence electrons. The molecule has 24 heavy (non-hydrogen) atoms. The number of thioether (sulfide) groups is 1. The van der Waals surface area contributed by atoms with Crippen LogP contribution in [0.25, 0.3) is 0 Å². The van der Waals surface area contributed by atoms with E-state index in [1.165, 1.54) is 0 Å². The molecule has 2 rings (SSSR count). The van der Waals surface area contributed by atoms with Crippen molar-refractivity contribution in [3.8, 4) is 0 Å². The van der Waals surface area contributed by atoms with Crippen LogP contribution in [0.4, 0.5) is 13.2 Å². The highest BCUT2D eigenvalue weighted by Gasteiger charge is 2.30. The monoisotopic (exact) mass is 382 g/mol. The standard InChI is InChI=1S/C15H18ClF3N2O2S/c16-12-4-2-1-3-11(12)13(21-5-7-23-8-6-21)9-20-14(22)10-24-15(17,18)19/h1-4,13H,5-10H2,(H,20,22). The minimum Gasteiger partial charge on any atom is -0.379 e. The third-order valence-corrected chi connectivity index (χ3v) is 4.69. The van der Waals surface area contributed by atoms with E-state index in [9.17, 15) is 18.0 Å². The molecule has 1 aliphatic rings. The number of carbonyl (C=O) groups excluding carboxylic acids is 1. The normalized spacial score (nSPS) is 17.5. The highest BCUT2D eigenvalue weighted by Crippen LogP contribution is 2.30. The van der Waals surface area contributed by atoms with Gasteiger partial charge in [-0.1, -0.05) is 29.8 Å². The first-order valence-electron chi connectivity index (χ1n) is 7.40. The molecule has 1 heterocycles. The Hall–Kier alpha value is -0.960. The van der Waals surface area contributed by atoms with Gasteiger partial charge in [-0.3, -0.25) is 9.69 Å². The predicted octanol–water partition coefficient (Wildman–Crippen LogP) is 3.08. The minimum absolute atomic E-state index is 0.195. The Morgan fingerprint density at radius 1 is 1.33 bits per heavy atom. The number of carbonyl (C=O) groups is 1. The summed E-state index contributed by atoms with van der Waals surface area (Å²) in [6.07, 6.45) is 0. The molecule has 0 radical (unpaired) electrons. The van der Waals surface area contributed by atoms with Gasteiger partial charge < -0.3 is 10.1 Å². The van der Waals surface area contributed by atoms with Crippen LogP contribution in [-0.4, -0.2) is 54.9 Å². The molecule has 0 aromatic heterocycles. The average molecular weight is 383 g/mol. The highest BCUT2D eigenvalue weighted by molar-refractivity contribution is 8.00. The minimum atomic E-state index is -4.41. The van der Waals surface area contributed by atoms with E-state index in [1.807, 2.05) is 12.1 Å². The van der Waals surface area contributed by atoms with Gasteiger partial charge in [-0.25, -0.2) is 0 Å². The van der Waals surface area contributed by atoms with Crippen LogP contribution in [0.15, 0.2) is 24.3 Å². The molecule has 0 aliphatic carbocycles. The van der Waals surface area contributed by atoms with E-state index in [1.54, 1.807) is 12.1 Å². The number of hydrogen-bond donors (Lipinski definition) is 1. The molecule has 4 nitrogen and oxygen atoms in total. The Morgan fingerprint density at radius 3 is 2.62 bits per heavy atom. The lowest BCUT2D eigenvalue weighted by Gasteiger charge is -2.35. The molecule has 1 fully saturated rings. The highest BCUT2D eigenvalue weighted by atomic mass is 35.5. The van der Waals surface area contributed by atoms with Crippen LogP contribution in [0.1, 0.15) is 11.6 Å². The van der Waals surface area contributed by atoms with Gasteiger partial charge in [0.05, 0.1) is 25.0 Å². The fourth-order valence-corrected chi connectivity index (χ4v) is 3.14. The summed E-state index contributed by atoms with van der Waals surface area (Å²) in [6.45, 7) is 2.67. The summed E-state index contributed by atoms with van der Waals surface area (Å²) >= 11 is 5.91. The SMILES string of the molecule is O=C(CSC(F)(F)F)NCC(c1ccccc1Cl)N1CCOCC1. The maximum Gasteiger partial charge on any atom is 0.442 e. The number of nitrogens with zero attached hydrogens (tertiary/aromatic N) is 1. The number of halogens is 4. The summed E-state index contributed by atoms with van der Waals surface area (Å²) in [5.41, 5.74) is -3.58. The molecule has 0 bridgehead atoms. The zero-order chi connectivity index (χ0) is 17.6. The number of amides is 1. The molecule has 1 aromatic carbocycles. The van der Waals surface area contributed by atoms with Crippen molar-refractivity contribution < 1.29 is 22.7 Å². The van der Waals surface area contributed by atoms with Crippen molar-refractivity contribution in [1.29, 1.82) is 0 Å². The summed E-state index contributed by atoms with van der Waals surface area (Å²) in [4.78, 5) is 13.8. The van der Waals surface area contributed by atoms with Gasteiger partial charge in [-0.2, -0.15) is 13.2 Å². The number of rotatable bonds is 6. The summed E-state index contributed by atoms with van der Waals surface area (Å²) in [5, 5.41) is 3.14. The Kier molecular flexibility index (Phi) is 7.21. The Balaban J connectivity index is 2.01. The number of hydrogen-bond acceptors (Lipinski definition) is 4. The molecule has 0 spiro atoms. The van der Waals surface area contributed by atoms with E-state index in [0.29, 0.717) is 31.3 Å². The molecule has 1 atom stereocenters. The first-order valence-corrected chi connectivity index (χ1v) is 8.77. The first-order chi connectivity index (χ1) is 11.4. The van der Waals surface area contributed by atoms with Gasteiger partial charge in [0.2, 0.25) is 5.91 Å². The maximum atomic E-state index is 12.2. The van der Waals surface area contributed by atoms with Gasteiger partial charge in [-0.15, -0.1) is 0 Å². The quantitative estimate of drug-likeness (QED) is 0.821. The topological polar surface area (TPSA) is 41.6 Å². The largest absolute Gasteiger partial charge is 0.442 e. The van der Waals surface area contributed by atoms with Crippen LogP contribution in [0.3, 0.4) is 0 Å². The predicted molar refractivity (Wildman–Crippen MR) is 88.1 cm³/mol. The number of benzene rings is 1. The van der Waals surface area contributed by atoms with Crippen molar-refractivity contribution in [2.45, 2.75) is 11.6 Å². The van der Waals surface area contributed by atoms with Crippen LogP contribution in [-0.2, 0) is 9.53 Å². The van der Waals surface area contributed by atoms with E-state index < -0.39 is 17.2 Å². The number of morpholine rings is 1. The molecule has 1 amide bonds. The molecule has 1 saturated heterocycles. The molecule has 1 unspecified atom stereocenters. The van der Waals surface area contributed by atoms with Crippen LogP contribution >= 0.6 is 23.4 Å². The van der Waals surface area contributed by atoms with Crippen molar-refractivity contribution in [3.63, 3.8) is 0 Å². The lowest BCUT2D eigenvalue weighted by Crippen LogP contribution is -2.44. The molecule has 9 heteroatoms. The lowest BCUT2D eigenvalue weighted by atomic mass is 10.0. The summed E-state index contributed by atoms with van der Waals surface area (Å²) in [5.74, 6) is -1.30. The van der Waals surface area contributed by atoms with Gasteiger partial charge in [0, 0.05) is 24.7 Å². The second-order valence-electron chi connectivity index (χ2n) is 5.22. The Morgan fingerprint density at radius 2 is 2.00 bits per heavy atom. The third-order valence-electron chi connectivity index (χ3n) is 3.61. The average Bonchev–Trinajstić information content (AvgIpc) is 2.55. The van der Waals surface area contributed by atoms with Crippen molar-refractivity contribution in [2.24, 2.45) is 0 Å². The fraction of sp³-hybridized carbons (Fsp3) is 0.533. The van der Waals surface area contributed by atoms with E-state index >= 15 is 0 Å². The molecule has 1 aromatic rings. The van der Waals surface area contributed by atoms with Gasteiger partial charge >= 0.3 is 5.51 Å². The zero-order valence-electron chi connectivity index (χ0n) is 12.8. The summed E-state index contributed by atoms with van der Waals surface area (Å²) < 4.78 is 41.8. The maximum absolute atomic E-state index is 12.2. The van der Waals surface area contributed by atoms with Gasteiger partial charge in [-0.05, 0) is 23.4 Å². The number of ether oxygens (including phenoxy) is 1. The lowest BCUT2D eigenvalue weighted by molar-refractivity contribution is -0.119. The summed E-state index contributed by atoms with van der Waals surface area (Å²) in [7, 11) is 0. The molecule has 1 aliphatic heterocycles. The third kappa shape index (κ3) is 6.16. The van der Waals surface area contributed by atoms with E-state index in [0.717, 1.165) is 5.56 Å². The van der Waals surface area contributed by atoms with Crippen LogP contribution in [0.5, 0.6) is 0 Å². The van der Waals surface area contributed by atoms with E-state index in [-0.39, 0.29) is 24.3 Å². The van der Waals surface area contributed by atoms with Crippen molar-refractivity contribution in [2.75, 3.05) is 38.6 Å². The zero-order valence-corrected chi connectivity index (χ0v) is 14.4. The van der Waals surface area contributed by atoms with Crippen LogP contribution in [0, 0.1) is 0 Å². The second-order valence-corrected chi connectivity index (χ2v) is 6.67. The van der Waals surface area contributed by atoms with E-state index in [2.05, 4.69) is 10.2 Å². The molecule has 0 saturated carbocycles. The Bertz CT molecular complexity index is 554. The van der Waals surface area contributed by atoms with Gasteiger partial charge in [0.1, 0.15) is 0 Å². The van der Waals surface area contributed by atoms with Crippen molar-refractivity contribution >= 4 is 29.3 Å². The molecular weight excluding hydrogens is 365 g/mol.